The van der Waals surface area contributed by atoms with Crippen molar-refractivity contribution in [2.75, 3.05) is 14.2 Å². The lowest BCUT2D eigenvalue weighted by atomic mass is 10.0. The quantitative estimate of drug-likeness (QED) is 0.813. The van der Waals surface area contributed by atoms with Gasteiger partial charge in [0.1, 0.15) is 6.33 Å². The van der Waals surface area contributed by atoms with E-state index in [4.69, 9.17) is 9.47 Å². The van der Waals surface area contributed by atoms with E-state index in [9.17, 15) is 5.11 Å². The molecule has 1 aromatic rings. The van der Waals surface area contributed by atoms with Crippen LogP contribution >= 0.6 is 0 Å². The molecular weight excluding hydrogens is 208 g/mol. The molecule has 1 N–H and O–H groups in total. The van der Waals surface area contributed by atoms with Crippen molar-refractivity contribution in [1.29, 1.82) is 0 Å². The minimum absolute atomic E-state index is 0.162. The van der Waals surface area contributed by atoms with Crippen LogP contribution in [0, 0.1) is 5.92 Å². The predicted octanol–water partition coefficient (Wildman–Crippen LogP) is 1.05. The van der Waals surface area contributed by atoms with Crippen molar-refractivity contribution in [3.05, 3.63) is 11.9 Å². The molecule has 0 aliphatic rings. The normalized spacial score (nSPS) is 12.6. The summed E-state index contributed by atoms with van der Waals surface area (Å²) in [6.45, 7) is 3.90. The van der Waals surface area contributed by atoms with Gasteiger partial charge in [0.15, 0.2) is 0 Å². The first-order valence-corrected chi connectivity index (χ1v) is 5.20. The molecule has 0 aliphatic carbocycles. The van der Waals surface area contributed by atoms with Crippen LogP contribution in [0.2, 0.25) is 0 Å². The van der Waals surface area contributed by atoms with Crippen LogP contribution in [0.25, 0.3) is 0 Å². The van der Waals surface area contributed by atoms with Crippen molar-refractivity contribution in [3.63, 3.8) is 0 Å². The molecule has 5 heteroatoms. The Hall–Kier alpha value is -1.36. The SMILES string of the molecule is COc1ncnc(OC)c1CC(O)C(C)C. The van der Waals surface area contributed by atoms with Crippen molar-refractivity contribution < 1.29 is 14.6 Å². The smallest absolute Gasteiger partial charge is 0.223 e. The van der Waals surface area contributed by atoms with E-state index in [-0.39, 0.29) is 5.92 Å². The fourth-order valence-corrected chi connectivity index (χ4v) is 1.35. The molecule has 1 rings (SSSR count). The largest absolute Gasteiger partial charge is 0.481 e. The highest BCUT2D eigenvalue weighted by Gasteiger charge is 2.18. The maximum Gasteiger partial charge on any atom is 0.223 e. The summed E-state index contributed by atoms with van der Waals surface area (Å²) in [7, 11) is 3.07. The van der Waals surface area contributed by atoms with Crippen molar-refractivity contribution in [1.82, 2.24) is 9.97 Å². The first-order valence-electron chi connectivity index (χ1n) is 5.20. The van der Waals surface area contributed by atoms with Gasteiger partial charge in [-0.2, -0.15) is 0 Å². The van der Waals surface area contributed by atoms with Crippen LogP contribution < -0.4 is 9.47 Å². The molecule has 1 unspecified atom stereocenters. The van der Waals surface area contributed by atoms with Crippen LogP contribution in [0.4, 0.5) is 0 Å². The zero-order valence-corrected chi connectivity index (χ0v) is 10.1. The summed E-state index contributed by atoms with van der Waals surface area (Å²) in [4.78, 5) is 7.99. The predicted molar refractivity (Wildman–Crippen MR) is 59.7 cm³/mol. The molecule has 0 amide bonds. The van der Waals surface area contributed by atoms with E-state index >= 15 is 0 Å². The van der Waals surface area contributed by atoms with Crippen LogP contribution in [-0.2, 0) is 6.42 Å². The molecule has 90 valence electrons. The van der Waals surface area contributed by atoms with E-state index in [0.717, 1.165) is 0 Å². The second kappa shape index (κ2) is 5.65. The highest BCUT2D eigenvalue weighted by atomic mass is 16.5. The van der Waals surface area contributed by atoms with Gasteiger partial charge in [0.25, 0.3) is 0 Å². The highest BCUT2D eigenvalue weighted by Crippen LogP contribution is 2.26. The van der Waals surface area contributed by atoms with E-state index in [1.54, 1.807) is 0 Å². The topological polar surface area (TPSA) is 64.5 Å². The van der Waals surface area contributed by atoms with Crippen LogP contribution in [0.3, 0.4) is 0 Å². The maximum atomic E-state index is 9.85. The summed E-state index contributed by atoms with van der Waals surface area (Å²) in [5.74, 6) is 1.06. The van der Waals surface area contributed by atoms with Crippen molar-refractivity contribution in [3.8, 4) is 11.8 Å². The number of aliphatic hydroxyl groups excluding tert-OH is 1. The van der Waals surface area contributed by atoms with Crippen molar-refractivity contribution in [2.24, 2.45) is 5.92 Å². The Labute approximate surface area is 95.4 Å². The van der Waals surface area contributed by atoms with Crippen LogP contribution in [-0.4, -0.2) is 35.4 Å². The van der Waals surface area contributed by atoms with Gasteiger partial charge in [0.2, 0.25) is 11.8 Å². The number of hydrogen-bond donors (Lipinski definition) is 1. The van der Waals surface area contributed by atoms with Gasteiger partial charge in [-0.25, -0.2) is 9.97 Å². The Bertz CT molecular complexity index is 320. The van der Waals surface area contributed by atoms with Crippen LogP contribution in [0.1, 0.15) is 19.4 Å². The molecule has 0 fully saturated rings. The minimum Gasteiger partial charge on any atom is -0.481 e. The Morgan fingerprint density at radius 2 is 1.69 bits per heavy atom. The Kier molecular flexibility index (Phi) is 4.49. The first kappa shape index (κ1) is 12.7. The van der Waals surface area contributed by atoms with E-state index < -0.39 is 6.10 Å². The third-order valence-electron chi connectivity index (χ3n) is 2.44. The Balaban J connectivity index is 2.99. The molecule has 0 bridgehead atoms. The number of aromatic nitrogens is 2. The molecule has 0 spiro atoms. The zero-order valence-electron chi connectivity index (χ0n) is 10.1. The lowest BCUT2D eigenvalue weighted by Gasteiger charge is -2.17. The molecule has 5 nitrogen and oxygen atoms in total. The average molecular weight is 226 g/mol. The van der Waals surface area contributed by atoms with Crippen LogP contribution in [0.5, 0.6) is 11.8 Å². The van der Waals surface area contributed by atoms with Crippen molar-refractivity contribution >= 4 is 0 Å². The Morgan fingerprint density at radius 1 is 1.19 bits per heavy atom. The number of nitrogens with zero attached hydrogens (tertiary/aromatic N) is 2. The number of hydrogen-bond acceptors (Lipinski definition) is 5. The molecular formula is C11H18N2O3. The molecule has 16 heavy (non-hydrogen) atoms. The molecule has 1 aromatic heterocycles. The average Bonchev–Trinajstić information content (AvgIpc) is 2.29. The van der Waals surface area contributed by atoms with Gasteiger partial charge in [-0.1, -0.05) is 13.8 Å². The summed E-state index contributed by atoms with van der Waals surface area (Å²) >= 11 is 0. The molecule has 1 atom stereocenters. The third kappa shape index (κ3) is 2.82. The van der Waals surface area contributed by atoms with Gasteiger partial charge in [-0.3, -0.25) is 0 Å². The molecule has 0 radical (unpaired) electrons. The monoisotopic (exact) mass is 226 g/mol. The summed E-state index contributed by atoms with van der Waals surface area (Å²) < 4.78 is 10.3. The number of aliphatic hydroxyl groups is 1. The summed E-state index contributed by atoms with van der Waals surface area (Å²) in [6.07, 6.45) is 1.34. The fourth-order valence-electron chi connectivity index (χ4n) is 1.35. The van der Waals surface area contributed by atoms with Crippen LogP contribution in [0.15, 0.2) is 6.33 Å². The maximum absolute atomic E-state index is 9.85. The van der Waals surface area contributed by atoms with Gasteiger partial charge in [0.05, 0.1) is 25.9 Å². The van der Waals surface area contributed by atoms with Gasteiger partial charge in [0, 0.05) is 6.42 Å². The first-order chi connectivity index (χ1) is 7.60. The minimum atomic E-state index is -0.464. The van der Waals surface area contributed by atoms with E-state index in [1.165, 1.54) is 20.5 Å². The number of methoxy groups -OCH3 is 2. The number of ether oxygens (including phenoxy) is 2. The lowest BCUT2D eigenvalue weighted by Crippen LogP contribution is -2.19. The van der Waals surface area contributed by atoms with Gasteiger partial charge >= 0.3 is 0 Å². The van der Waals surface area contributed by atoms with E-state index in [2.05, 4.69) is 9.97 Å². The molecule has 0 aliphatic heterocycles. The molecule has 0 saturated carbocycles. The molecule has 1 heterocycles. The summed E-state index contributed by atoms with van der Waals surface area (Å²) in [5.41, 5.74) is 0.703. The fraction of sp³-hybridized carbons (Fsp3) is 0.636. The van der Waals surface area contributed by atoms with E-state index in [1.807, 2.05) is 13.8 Å². The Morgan fingerprint density at radius 3 is 2.06 bits per heavy atom. The highest BCUT2D eigenvalue weighted by molar-refractivity contribution is 5.34. The van der Waals surface area contributed by atoms with Gasteiger partial charge in [-0.15, -0.1) is 0 Å². The second-order valence-electron chi connectivity index (χ2n) is 3.89. The molecule has 0 saturated heterocycles. The third-order valence-corrected chi connectivity index (χ3v) is 2.44. The lowest BCUT2D eigenvalue weighted by molar-refractivity contribution is 0.123. The zero-order chi connectivity index (χ0) is 12.1. The second-order valence-corrected chi connectivity index (χ2v) is 3.89. The summed E-state index contributed by atoms with van der Waals surface area (Å²) in [5, 5.41) is 9.85. The summed E-state index contributed by atoms with van der Waals surface area (Å²) in [6, 6.07) is 0. The standard InChI is InChI=1S/C11H18N2O3/c1-7(2)9(14)5-8-10(15-3)12-6-13-11(8)16-4/h6-7,9,14H,5H2,1-4H3. The molecule has 0 aromatic carbocycles. The van der Waals surface area contributed by atoms with E-state index in [0.29, 0.717) is 23.7 Å². The van der Waals surface area contributed by atoms with Gasteiger partial charge in [-0.05, 0) is 5.92 Å². The van der Waals surface area contributed by atoms with Crippen molar-refractivity contribution in [2.45, 2.75) is 26.4 Å². The number of rotatable bonds is 5. The van der Waals surface area contributed by atoms with Gasteiger partial charge < -0.3 is 14.6 Å².